The Labute approximate surface area is 55.7 Å². The molecule has 0 heterocycles. The van der Waals surface area contributed by atoms with Crippen molar-refractivity contribution in [1.82, 2.24) is 8.85 Å². The van der Waals surface area contributed by atoms with E-state index in [4.69, 9.17) is 0 Å². The minimum atomic E-state index is 0.309. The van der Waals surface area contributed by atoms with E-state index in [0.717, 1.165) is 6.54 Å². The van der Waals surface area contributed by atoms with Gasteiger partial charge in [-0.3, -0.25) is 0 Å². The molecule has 0 spiro atoms. The summed E-state index contributed by atoms with van der Waals surface area (Å²) in [5.74, 6) is 0. The summed E-state index contributed by atoms with van der Waals surface area (Å²) in [6.45, 7) is 1.16. The number of nitrogens with one attached hydrogen (secondary N) is 2. The average Bonchev–Trinajstić information content (AvgIpc) is 1.69. The third-order valence-electron chi connectivity index (χ3n) is 0.573. The van der Waals surface area contributed by atoms with Gasteiger partial charge in [0.15, 0.2) is 0 Å². The monoisotopic (exact) mass is 215 g/mol. The number of halogens is 1. The standard InChI is InChI=1S/C4H12IN2/c1-6-4-3-5-7-2/h6-7H,3-4H2,1-2H3/q-1. The van der Waals surface area contributed by atoms with E-state index < -0.39 is 0 Å². The molecule has 0 aliphatic heterocycles. The van der Waals surface area contributed by atoms with Gasteiger partial charge >= 0.3 is 55.4 Å². The minimum absolute atomic E-state index is 0.309. The summed E-state index contributed by atoms with van der Waals surface area (Å²) in [6.07, 6.45) is 0. The van der Waals surface area contributed by atoms with Gasteiger partial charge in [0.1, 0.15) is 0 Å². The van der Waals surface area contributed by atoms with Gasteiger partial charge in [-0.15, -0.1) is 0 Å². The molecule has 2 nitrogen and oxygen atoms in total. The molecule has 0 bridgehead atoms. The Morgan fingerprint density at radius 2 is 2.14 bits per heavy atom. The molecule has 0 aromatic carbocycles. The summed E-state index contributed by atoms with van der Waals surface area (Å²) in [6, 6.07) is 0. The predicted molar refractivity (Wildman–Crippen MR) is 27.9 cm³/mol. The van der Waals surface area contributed by atoms with Crippen molar-refractivity contribution in [3.05, 3.63) is 0 Å². The zero-order chi connectivity index (χ0) is 5.54. The van der Waals surface area contributed by atoms with E-state index in [9.17, 15) is 0 Å². The fourth-order valence-electron chi connectivity index (χ4n) is 0.236. The summed E-state index contributed by atoms with van der Waals surface area (Å²) >= 11 is 0.309. The summed E-state index contributed by atoms with van der Waals surface area (Å²) in [7, 11) is 4.00. The average molecular weight is 215 g/mol. The molecule has 0 aromatic heterocycles. The Morgan fingerprint density at radius 3 is 2.57 bits per heavy atom. The molecule has 0 unspecified atom stereocenters. The van der Waals surface area contributed by atoms with Crippen LogP contribution in [0, 0.1) is 0 Å². The molecule has 0 radical (unpaired) electrons. The van der Waals surface area contributed by atoms with Gasteiger partial charge in [-0.05, 0) is 0 Å². The molecule has 0 amide bonds. The zero-order valence-corrected chi connectivity index (χ0v) is 6.95. The van der Waals surface area contributed by atoms with Crippen molar-refractivity contribution in [2.75, 3.05) is 25.1 Å². The summed E-state index contributed by atoms with van der Waals surface area (Å²) in [4.78, 5) is 0. The third kappa shape index (κ3) is 6.65. The van der Waals surface area contributed by atoms with E-state index in [1.54, 1.807) is 0 Å². The first-order valence-corrected chi connectivity index (χ1v) is 4.91. The van der Waals surface area contributed by atoms with Crippen molar-refractivity contribution in [2.45, 2.75) is 0 Å². The van der Waals surface area contributed by atoms with Crippen molar-refractivity contribution in [3.8, 4) is 0 Å². The number of alkyl halides is 1. The third-order valence-corrected chi connectivity index (χ3v) is 2.41. The van der Waals surface area contributed by atoms with E-state index >= 15 is 0 Å². The molecule has 0 aliphatic rings. The first-order valence-electron chi connectivity index (χ1n) is 2.31. The van der Waals surface area contributed by atoms with Crippen LogP contribution in [0.25, 0.3) is 0 Å². The molecule has 0 rings (SSSR count). The molecule has 2 N–H and O–H groups in total. The van der Waals surface area contributed by atoms with Crippen LogP contribution >= 0.6 is 0 Å². The first kappa shape index (κ1) is 7.65. The van der Waals surface area contributed by atoms with Crippen molar-refractivity contribution in [1.29, 1.82) is 0 Å². The van der Waals surface area contributed by atoms with E-state index in [1.165, 1.54) is 4.43 Å². The molecule has 0 saturated heterocycles. The van der Waals surface area contributed by atoms with Gasteiger partial charge in [0.2, 0.25) is 0 Å². The van der Waals surface area contributed by atoms with E-state index in [-0.39, 0.29) is 0 Å². The Morgan fingerprint density at radius 1 is 1.43 bits per heavy atom. The maximum absolute atomic E-state index is 3.17. The van der Waals surface area contributed by atoms with Gasteiger partial charge < -0.3 is 0 Å². The molecule has 3 heteroatoms. The topological polar surface area (TPSA) is 24.1 Å². The van der Waals surface area contributed by atoms with Gasteiger partial charge in [0.05, 0.1) is 0 Å². The predicted octanol–water partition coefficient (Wildman–Crippen LogP) is -3.57. The fourth-order valence-corrected chi connectivity index (χ4v) is 1.58. The Bertz CT molecular complexity index is 28.9. The SMILES string of the molecule is CNCC[I-]NC. The molecule has 0 aromatic rings. The van der Waals surface area contributed by atoms with Crippen molar-refractivity contribution < 1.29 is 21.5 Å². The van der Waals surface area contributed by atoms with Crippen LogP contribution in [0.1, 0.15) is 0 Å². The molecular formula is C4H12IN2-. The summed E-state index contributed by atoms with van der Waals surface area (Å²) < 4.78 is 4.50. The van der Waals surface area contributed by atoms with Gasteiger partial charge in [-0.2, -0.15) is 0 Å². The zero-order valence-electron chi connectivity index (χ0n) is 4.79. The van der Waals surface area contributed by atoms with Crippen molar-refractivity contribution >= 4 is 0 Å². The van der Waals surface area contributed by atoms with Crippen LogP contribution in [0.2, 0.25) is 0 Å². The molecule has 0 fully saturated rings. The van der Waals surface area contributed by atoms with Crippen molar-refractivity contribution in [3.63, 3.8) is 0 Å². The molecule has 0 aliphatic carbocycles. The number of hydrogen-bond acceptors (Lipinski definition) is 2. The van der Waals surface area contributed by atoms with Gasteiger partial charge in [-0.1, -0.05) is 0 Å². The summed E-state index contributed by atoms with van der Waals surface area (Å²) in [5.41, 5.74) is 0. The molecule has 0 saturated carbocycles. The van der Waals surface area contributed by atoms with Gasteiger partial charge in [0, 0.05) is 0 Å². The van der Waals surface area contributed by atoms with Crippen LogP contribution in [0.15, 0.2) is 0 Å². The number of rotatable bonds is 4. The van der Waals surface area contributed by atoms with Gasteiger partial charge in [-0.25, -0.2) is 0 Å². The van der Waals surface area contributed by atoms with Crippen LogP contribution in [0.3, 0.4) is 0 Å². The molecular weight excluding hydrogens is 203 g/mol. The van der Waals surface area contributed by atoms with Crippen LogP contribution < -0.4 is 30.3 Å². The second kappa shape index (κ2) is 6.65. The fraction of sp³-hybridized carbons (Fsp3) is 1.00. The molecule has 7 heavy (non-hydrogen) atoms. The van der Waals surface area contributed by atoms with Gasteiger partial charge in [0.25, 0.3) is 0 Å². The van der Waals surface area contributed by atoms with E-state index in [2.05, 4.69) is 8.85 Å². The number of hydrogen-bond donors (Lipinski definition) is 2. The Kier molecular flexibility index (Phi) is 7.27. The Balaban J connectivity index is 2.45. The summed E-state index contributed by atoms with van der Waals surface area (Å²) in [5, 5.41) is 3.09. The van der Waals surface area contributed by atoms with Crippen LogP contribution in [-0.4, -0.2) is 25.1 Å². The second-order valence-corrected chi connectivity index (χ2v) is 4.04. The maximum atomic E-state index is 3.17. The van der Waals surface area contributed by atoms with Crippen LogP contribution in [0.4, 0.5) is 0 Å². The normalized spacial score (nSPS) is 10.0. The van der Waals surface area contributed by atoms with Crippen LogP contribution in [-0.2, 0) is 0 Å². The Hall–Kier alpha value is 0.650. The van der Waals surface area contributed by atoms with Crippen LogP contribution in [0.5, 0.6) is 0 Å². The van der Waals surface area contributed by atoms with Crippen molar-refractivity contribution in [2.24, 2.45) is 0 Å². The molecule has 0 atom stereocenters. The molecule has 46 valence electrons. The first-order chi connectivity index (χ1) is 3.41. The van der Waals surface area contributed by atoms with E-state index in [1.807, 2.05) is 14.1 Å². The second-order valence-electron chi connectivity index (χ2n) is 1.12. The quantitative estimate of drug-likeness (QED) is 0.219. The van der Waals surface area contributed by atoms with E-state index in [0.29, 0.717) is 21.5 Å².